The Morgan fingerprint density at radius 3 is 2.79 bits per heavy atom. The Hall–Kier alpha value is -1.62. The van der Waals surface area contributed by atoms with Crippen molar-refractivity contribution in [3.05, 3.63) is 24.0 Å². The van der Waals surface area contributed by atoms with Crippen LogP contribution in [-0.4, -0.2) is 24.6 Å². The van der Waals surface area contributed by atoms with Crippen molar-refractivity contribution in [3.8, 4) is 5.75 Å². The Kier molecular flexibility index (Phi) is 4.37. The molecule has 1 aliphatic rings. The van der Waals surface area contributed by atoms with Crippen LogP contribution in [0.1, 0.15) is 26.7 Å². The van der Waals surface area contributed by atoms with Crippen molar-refractivity contribution in [1.29, 1.82) is 0 Å². The van der Waals surface area contributed by atoms with Gasteiger partial charge in [-0.3, -0.25) is 4.79 Å². The predicted molar refractivity (Wildman–Crippen MR) is 71.8 cm³/mol. The Morgan fingerprint density at radius 2 is 2.21 bits per heavy atom. The van der Waals surface area contributed by atoms with E-state index in [1.165, 1.54) is 12.1 Å². The second-order valence-corrected chi connectivity index (χ2v) is 5.02. The molecule has 2 rings (SSSR count). The zero-order chi connectivity index (χ0) is 13.8. The summed E-state index contributed by atoms with van der Waals surface area (Å²) in [6.07, 6.45) is 2.17. The summed E-state index contributed by atoms with van der Waals surface area (Å²) in [7, 11) is 0. The second kappa shape index (κ2) is 6.02. The first kappa shape index (κ1) is 13.8. The SMILES string of the molecule is CC(C)Oc1ccc(NC(=O)CNC2CC2)cc1F. The van der Waals surface area contributed by atoms with Crippen LogP contribution < -0.4 is 15.4 Å². The number of amides is 1. The minimum atomic E-state index is -0.471. The molecule has 4 nitrogen and oxygen atoms in total. The minimum Gasteiger partial charge on any atom is -0.488 e. The molecule has 0 unspecified atom stereocenters. The third kappa shape index (κ3) is 4.52. The Bertz CT molecular complexity index is 459. The van der Waals surface area contributed by atoms with E-state index in [2.05, 4.69) is 10.6 Å². The molecule has 0 aromatic heterocycles. The number of ether oxygens (including phenoxy) is 1. The van der Waals surface area contributed by atoms with E-state index in [4.69, 9.17) is 4.74 Å². The molecule has 0 spiro atoms. The summed E-state index contributed by atoms with van der Waals surface area (Å²) in [6.45, 7) is 3.92. The maximum Gasteiger partial charge on any atom is 0.238 e. The van der Waals surface area contributed by atoms with Crippen LogP contribution in [0.5, 0.6) is 5.75 Å². The van der Waals surface area contributed by atoms with Crippen molar-refractivity contribution >= 4 is 11.6 Å². The zero-order valence-corrected chi connectivity index (χ0v) is 11.2. The number of anilines is 1. The Morgan fingerprint density at radius 1 is 1.47 bits per heavy atom. The molecule has 5 heteroatoms. The summed E-state index contributed by atoms with van der Waals surface area (Å²) >= 11 is 0. The van der Waals surface area contributed by atoms with Crippen molar-refractivity contribution in [1.82, 2.24) is 5.32 Å². The van der Waals surface area contributed by atoms with Gasteiger partial charge in [-0.2, -0.15) is 0 Å². The highest BCUT2D eigenvalue weighted by Crippen LogP contribution is 2.22. The van der Waals surface area contributed by atoms with Crippen molar-refractivity contribution < 1.29 is 13.9 Å². The lowest BCUT2D eigenvalue weighted by atomic mass is 10.2. The molecule has 0 atom stereocenters. The van der Waals surface area contributed by atoms with E-state index >= 15 is 0 Å². The molecular weight excluding hydrogens is 247 g/mol. The van der Waals surface area contributed by atoms with Crippen molar-refractivity contribution in [2.24, 2.45) is 0 Å². The number of carbonyl (C=O) groups excluding carboxylic acids is 1. The van der Waals surface area contributed by atoms with Gasteiger partial charge in [0.2, 0.25) is 5.91 Å². The van der Waals surface area contributed by atoms with E-state index in [-0.39, 0.29) is 24.3 Å². The van der Waals surface area contributed by atoms with Crippen LogP contribution in [0.25, 0.3) is 0 Å². The number of hydrogen-bond donors (Lipinski definition) is 2. The first-order chi connectivity index (χ1) is 9.04. The van der Waals surface area contributed by atoms with E-state index in [9.17, 15) is 9.18 Å². The van der Waals surface area contributed by atoms with Crippen LogP contribution >= 0.6 is 0 Å². The quantitative estimate of drug-likeness (QED) is 0.830. The molecule has 1 aromatic carbocycles. The fourth-order valence-electron chi connectivity index (χ4n) is 1.66. The summed E-state index contributed by atoms with van der Waals surface area (Å²) in [5, 5.41) is 5.75. The van der Waals surface area contributed by atoms with Gasteiger partial charge in [0.25, 0.3) is 0 Å². The molecule has 0 radical (unpaired) electrons. The van der Waals surface area contributed by atoms with E-state index in [1.54, 1.807) is 6.07 Å². The molecule has 1 amide bonds. The molecule has 104 valence electrons. The normalized spacial score (nSPS) is 14.5. The van der Waals surface area contributed by atoms with Crippen LogP contribution in [0.2, 0.25) is 0 Å². The molecule has 0 saturated heterocycles. The van der Waals surface area contributed by atoms with Gasteiger partial charge in [-0.15, -0.1) is 0 Å². The highest BCUT2D eigenvalue weighted by atomic mass is 19.1. The Labute approximate surface area is 112 Å². The van der Waals surface area contributed by atoms with Gasteiger partial charge in [-0.25, -0.2) is 4.39 Å². The molecule has 0 aliphatic heterocycles. The number of carbonyl (C=O) groups is 1. The molecular formula is C14H19FN2O2. The number of nitrogens with one attached hydrogen (secondary N) is 2. The summed E-state index contributed by atoms with van der Waals surface area (Å²) in [5.74, 6) is -0.436. The van der Waals surface area contributed by atoms with E-state index in [0.29, 0.717) is 11.7 Å². The Balaban J connectivity index is 1.89. The van der Waals surface area contributed by atoms with E-state index in [1.807, 2.05) is 13.8 Å². The first-order valence-corrected chi connectivity index (χ1v) is 6.54. The van der Waals surface area contributed by atoms with Crippen LogP contribution in [0.3, 0.4) is 0 Å². The summed E-state index contributed by atoms with van der Waals surface area (Å²) in [6, 6.07) is 4.91. The lowest BCUT2D eigenvalue weighted by molar-refractivity contribution is -0.115. The van der Waals surface area contributed by atoms with Gasteiger partial charge in [0, 0.05) is 17.8 Å². The largest absolute Gasteiger partial charge is 0.488 e. The maximum atomic E-state index is 13.7. The van der Waals surface area contributed by atoms with Gasteiger partial charge < -0.3 is 15.4 Å². The van der Waals surface area contributed by atoms with Crippen LogP contribution in [0.15, 0.2) is 18.2 Å². The molecule has 19 heavy (non-hydrogen) atoms. The van der Waals surface area contributed by atoms with Gasteiger partial charge >= 0.3 is 0 Å². The fraction of sp³-hybridized carbons (Fsp3) is 0.500. The summed E-state index contributed by atoms with van der Waals surface area (Å²) in [4.78, 5) is 11.6. The van der Waals surface area contributed by atoms with Crippen molar-refractivity contribution in [3.63, 3.8) is 0 Å². The average molecular weight is 266 g/mol. The van der Waals surface area contributed by atoms with Crippen LogP contribution in [0, 0.1) is 5.82 Å². The number of hydrogen-bond acceptors (Lipinski definition) is 3. The number of halogens is 1. The lowest BCUT2D eigenvalue weighted by Crippen LogP contribution is -2.29. The first-order valence-electron chi connectivity index (χ1n) is 6.54. The minimum absolute atomic E-state index is 0.0855. The maximum absolute atomic E-state index is 13.7. The summed E-state index contributed by atoms with van der Waals surface area (Å²) in [5.41, 5.74) is 0.441. The van der Waals surface area contributed by atoms with E-state index in [0.717, 1.165) is 12.8 Å². The lowest BCUT2D eigenvalue weighted by Gasteiger charge is -2.12. The molecule has 0 bridgehead atoms. The smallest absolute Gasteiger partial charge is 0.238 e. The molecule has 1 saturated carbocycles. The highest BCUT2D eigenvalue weighted by Gasteiger charge is 2.21. The van der Waals surface area contributed by atoms with Gasteiger partial charge in [0.05, 0.1) is 12.6 Å². The van der Waals surface area contributed by atoms with Gasteiger partial charge in [-0.05, 0) is 38.8 Å². The molecule has 1 aliphatic carbocycles. The molecule has 2 N–H and O–H groups in total. The molecule has 1 fully saturated rings. The van der Waals surface area contributed by atoms with Crippen LogP contribution in [-0.2, 0) is 4.79 Å². The third-order valence-corrected chi connectivity index (χ3v) is 2.71. The second-order valence-electron chi connectivity index (χ2n) is 5.02. The predicted octanol–water partition coefficient (Wildman–Crippen LogP) is 2.30. The topological polar surface area (TPSA) is 50.4 Å². The molecule has 0 heterocycles. The third-order valence-electron chi connectivity index (χ3n) is 2.71. The van der Waals surface area contributed by atoms with Crippen LogP contribution in [0.4, 0.5) is 10.1 Å². The van der Waals surface area contributed by atoms with Crippen molar-refractivity contribution in [2.75, 3.05) is 11.9 Å². The van der Waals surface area contributed by atoms with Crippen molar-refractivity contribution in [2.45, 2.75) is 38.8 Å². The highest BCUT2D eigenvalue weighted by molar-refractivity contribution is 5.92. The fourth-order valence-corrected chi connectivity index (χ4v) is 1.66. The monoisotopic (exact) mass is 266 g/mol. The summed E-state index contributed by atoms with van der Waals surface area (Å²) < 4.78 is 19.0. The standard InChI is InChI=1S/C14H19FN2O2/c1-9(2)19-13-6-5-11(7-12(13)15)17-14(18)8-16-10-3-4-10/h5-7,9-10,16H,3-4,8H2,1-2H3,(H,17,18). The van der Waals surface area contributed by atoms with Gasteiger partial charge in [0.15, 0.2) is 11.6 Å². The zero-order valence-electron chi connectivity index (χ0n) is 11.2. The van der Waals surface area contributed by atoms with Gasteiger partial charge in [0.1, 0.15) is 0 Å². The van der Waals surface area contributed by atoms with E-state index < -0.39 is 5.82 Å². The average Bonchev–Trinajstić information content (AvgIpc) is 3.13. The number of rotatable bonds is 6. The molecule has 1 aromatic rings. The van der Waals surface area contributed by atoms with Gasteiger partial charge in [-0.1, -0.05) is 0 Å². The number of benzene rings is 1.